The summed E-state index contributed by atoms with van der Waals surface area (Å²) < 4.78 is 6.99. The van der Waals surface area contributed by atoms with Gasteiger partial charge in [0.25, 0.3) is 0 Å². The van der Waals surface area contributed by atoms with Crippen molar-refractivity contribution in [2.45, 2.75) is 6.92 Å². The molecule has 2 rings (SSSR count). The molecule has 0 aliphatic rings. The molecule has 0 aliphatic heterocycles. The summed E-state index contributed by atoms with van der Waals surface area (Å²) in [5, 5.41) is 6.63. The number of amides is 1. The Hall–Kier alpha value is -1.63. The number of ether oxygens (including phenoxy) is 1. The Bertz CT molecular complexity index is 525. The van der Waals surface area contributed by atoms with Gasteiger partial charge in [0, 0.05) is 0 Å². The molecule has 0 unspecified atom stereocenters. The van der Waals surface area contributed by atoms with Crippen LogP contribution < -0.4 is 5.32 Å². The Morgan fingerprint density at radius 2 is 2.44 bits per heavy atom. The van der Waals surface area contributed by atoms with E-state index in [1.54, 1.807) is 29.8 Å². The standard InChI is InChI=1S/C9H9BrN4O2/c1-2-16-9(15)12-7-5-14-8(11-7)4-3-6(10)13-14/h3-5H,2H2,1H3,(H,12,15). The van der Waals surface area contributed by atoms with E-state index < -0.39 is 6.09 Å². The van der Waals surface area contributed by atoms with E-state index in [2.05, 4.69) is 31.3 Å². The van der Waals surface area contributed by atoms with Crippen LogP contribution in [0.2, 0.25) is 0 Å². The van der Waals surface area contributed by atoms with E-state index in [9.17, 15) is 4.79 Å². The normalized spacial score (nSPS) is 10.4. The Morgan fingerprint density at radius 1 is 1.62 bits per heavy atom. The summed E-state index contributed by atoms with van der Waals surface area (Å²) in [7, 11) is 0. The number of aromatic nitrogens is 3. The predicted octanol–water partition coefficient (Wildman–Crippen LogP) is 2.06. The van der Waals surface area contributed by atoms with Crippen molar-refractivity contribution in [3.8, 4) is 0 Å². The highest BCUT2D eigenvalue weighted by Crippen LogP contribution is 2.11. The first-order chi connectivity index (χ1) is 7.69. The van der Waals surface area contributed by atoms with E-state index in [1.807, 2.05) is 0 Å². The molecule has 16 heavy (non-hydrogen) atoms. The van der Waals surface area contributed by atoms with Gasteiger partial charge in [-0.1, -0.05) is 0 Å². The molecule has 2 heterocycles. The fourth-order valence-corrected chi connectivity index (χ4v) is 1.49. The van der Waals surface area contributed by atoms with Gasteiger partial charge in [-0.05, 0) is 35.0 Å². The first kappa shape index (κ1) is 10.9. The number of nitrogens with one attached hydrogen (secondary N) is 1. The van der Waals surface area contributed by atoms with Crippen LogP contribution in [0.15, 0.2) is 22.9 Å². The second-order valence-electron chi connectivity index (χ2n) is 2.93. The summed E-state index contributed by atoms with van der Waals surface area (Å²) in [4.78, 5) is 15.3. The van der Waals surface area contributed by atoms with Crippen molar-refractivity contribution in [1.29, 1.82) is 0 Å². The number of hydrogen-bond acceptors (Lipinski definition) is 4. The minimum atomic E-state index is -0.523. The van der Waals surface area contributed by atoms with E-state index in [0.29, 0.717) is 22.7 Å². The van der Waals surface area contributed by atoms with Gasteiger partial charge in [0.15, 0.2) is 11.5 Å². The zero-order chi connectivity index (χ0) is 11.5. The van der Waals surface area contributed by atoms with Crippen molar-refractivity contribution < 1.29 is 9.53 Å². The number of rotatable bonds is 2. The number of fused-ring (bicyclic) bond motifs is 1. The highest BCUT2D eigenvalue weighted by Gasteiger charge is 2.06. The van der Waals surface area contributed by atoms with Crippen LogP contribution in [0.3, 0.4) is 0 Å². The van der Waals surface area contributed by atoms with Crippen LogP contribution in [0.4, 0.5) is 10.6 Å². The van der Waals surface area contributed by atoms with Crippen LogP contribution >= 0.6 is 15.9 Å². The maximum Gasteiger partial charge on any atom is 0.412 e. The molecule has 0 bridgehead atoms. The zero-order valence-electron chi connectivity index (χ0n) is 8.48. The Kier molecular flexibility index (Phi) is 3.04. The van der Waals surface area contributed by atoms with E-state index >= 15 is 0 Å². The van der Waals surface area contributed by atoms with Gasteiger partial charge in [0.05, 0.1) is 12.8 Å². The molecular weight excluding hydrogens is 276 g/mol. The van der Waals surface area contributed by atoms with Crippen LogP contribution in [0.1, 0.15) is 6.92 Å². The summed E-state index contributed by atoms with van der Waals surface area (Å²) in [6, 6.07) is 3.56. The molecule has 2 aromatic rings. The van der Waals surface area contributed by atoms with Crippen molar-refractivity contribution in [3.63, 3.8) is 0 Å². The Labute approximate surface area is 99.7 Å². The second kappa shape index (κ2) is 4.48. The molecule has 0 saturated carbocycles. The van der Waals surface area contributed by atoms with Gasteiger partial charge in [-0.15, -0.1) is 0 Å². The van der Waals surface area contributed by atoms with Gasteiger partial charge < -0.3 is 4.74 Å². The minimum absolute atomic E-state index is 0.322. The smallest absolute Gasteiger partial charge is 0.412 e. The summed E-state index contributed by atoms with van der Waals surface area (Å²) >= 11 is 3.25. The summed E-state index contributed by atoms with van der Waals surface area (Å²) in [5.74, 6) is 0.407. The Balaban J connectivity index is 2.23. The number of carbonyl (C=O) groups is 1. The van der Waals surface area contributed by atoms with Crippen molar-refractivity contribution in [3.05, 3.63) is 22.9 Å². The van der Waals surface area contributed by atoms with Crippen LogP contribution in [0, 0.1) is 0 Å². The molecule has 6 nitrogen and oxygen atoms in total. The molecule has 0 aromatic carbocycles. The molecule has 7 heteroatoms. The van der Waals surface area contributed by atoms with Crippen molar-refractivity contribution in [2.75, 3.05) is 11.9 Å². The third-order valence-corrected chi connectivity index (χ3v) is 2.22. The lowest BCUT2D eigenvalue weighted by molar-refractivity contribution is 0.168. The fourth-order valence-electron chi connectivity index (χ4n) is 1.19. The molecule has 0 spiro atoms. The van der Waals surface area contributed by atoms with Crippen LogP contribution in [-0.2, 0) is 4.74 Å². The molecule has 84 valence electrons. The molecule has 0 aliphatic carbocycles. The molecule has 0 radical (unpaired) electrons. The highest BCUT2D eigenvalue weighted by atomic mass is 79.9. The molecular formula is C9H9BrN4O2. The van der Waals surface area contributed by atoms with Gasteiger partial charge in [0.1, 0.15) is 4.60 Å². The SMILES string of the molecule is CCOC(=O)Nc1cn2nc(Br)ccc2n1. The summed E-state index contributed by atoms with van der Waals surface area (Å²) in [5.41, 5.74) is 0.648. The first-order valence-corrected chi connectivity index (χ1v) is 5.44. The number of imidazole rings is 1. The van der Waals surface area contributed by atoms with E-state index in [0.717, 1.165) is 0 Å². The lowest BCUT2D eigenvalue weighted by atomic mass is 10.6. The van der Waals surface area contributed by atoms with E-state index in [-0.39, 0.29) is 0 Å². The van der Waals surface area contributed by atoms with Crippen LogP contribution in [-0.4, -0.2) is 27.3 Å². The molecule has 2 aromatic heterocycles. The molecule has 0 saturated heterocycles. The fraction of sp³-hybridized carbons (Fsp3) is 0.222. The van der Waals surface area contributed by atoms with Gasteiger partial charge in [-0.3, -0.25) is 5.32 Å². The summed E-state index contributed by atoms with van der Waals surface area (Å²) in [6.07, 6.45) is 1.08. The van der Waals surface area contributed by atoms with Crippen LogP contribution in [0.25, 0.3) is 5.65 Å². The third kappa shape index (κ3) is 2.30. The summed E-state index contributed by atoms with van der Waals surface area (Å²) in [6.45, 7) is 2.06. The molecule has 0 fully saturated rings. The first-order valence-electron chi connectivity index (χ1n) is 4.64. The molecule has 1 N–H and O–H groups in total. The van der Waals surface area contributed by atoms with E-state index in [1.165, 1.54) is 0 Å². The number of anilines is 1. The van der Waals surface area contributed by atoms with Gasteiger partial charge >= 0.3 is 6.09 Å². The lowest BCUT2D eigenvalue weighted by Crippen LogP contribution is -2.13. The lowest BCUT2D eigenvalue weighted by Gasteiger charge is -1.99. The average Bonchev–Trinajstić information content (AvgIpc) is 2.59. The average molecular weight is 285 g/mol. The van der Waals surface area contributed by atoms with Crippen molar-refractivity contribution in [1.82, 2.24) is 14.6 Å². The Morgan fingerprint density at radius 3 is 3.19 bits per heavy atom. The van der Waals surface area contributed by atoms with Crippen molar-refractivity contribution >= 4 is 33.5 Å². The van der Waals surface area contributed by atoms with Crippen LogP contribution in [0.5, 0.6) is 0 Å². The van der Waals surface area contributed by atoms with Gasteiger partial charge in [0.2, 0.25) is 0 Å². The zero-order valence-corrected chi connectivity index (χ0v) is 10.1. The highest BCUT2D eigenvalue weighted by molar-refractivity contribution is 9.10. The van der Waals surface area contributed by atoms with Gasteiger partial charge in [-0.2, -0.15) is 5.10 Å². The maximum atomic E-state index is 11.1. The molecule has 1 amide bonds. The quantitative estimate of drug-likeness (QED) is 0.917. The van der Waals surface area contributed by atoms with Gasteiger partial charge in [-0.25, -0.2) is 14.3 Å². The second-order valence-corrected chi connectivity index (χ2v) is 3.74. The number of carbonyl (C=O) groups excluding carboxylic acids is 1. The number of nitrogens with zero attached hydrogens (tertiary/aromatic N) is 3. The topological polar surface area (TPSA) is 68.5 Å². The largest absolute Gasteiger partial charge is 0.450 e. The maximum absolute atomic E-state index is 11.1. The monoisotopic (exact) mass is 284 g/mol. The molecule has 0 atom stereocenters. The number of halogens is 1. The number of hydrogen-bond donors (Lipinski definition) is 1. The third-order valence-electron chi connectivity index (χ3n) is 1.79. The van der Waals surface area contributed by atoms with Crippen molar-refractivity contribution in [2.24, 2.45) is 0 Å². The van der Waals surface area contributed by atoms with E-state index in [4.69, 9.17) is 4.74 Å². The minimum Gasteiger partial charge on any atom is -0.450 e. The predicted molar refractivity (Wildman–Crippen MR) is 61.3 cm³/mol.